The van der Waals surface area contributed by atoms with Gasteiger partial charge < -0.3 is 5.32 Å². The first-order chi connectivity index (χ1) is 9.11. The van der Waals surface area contributed by atoms with Gasteiger partial charge in [-0.3, -0.25) is 4.79 Å². The highest BCUT2D eigenvalue weighted by molar-refractivity contribution is 6.09. The summed E-state index contributed by atoms with van der Waals surface area (Å²) in [4.78, 5) is 12.3. The molecule has 2 nitrogen and oxygen atoms in total. The van der Waals surface area contributed by atoms with Crippen LogP contribution in [0.3, 0.4) is 0 Å². The number of hydrogen-bond acceptors (Lipinski definition) is 2. The van der Waals surface area contributed by atoms with Crippen LogP contribution in [0.1, 0.15) is 27.0 Å². The van der Waals surface area contributed by atoms with Crippen molar-refractivity contribution in [2.24, 2.45) is 0 Å². The third kappa shape index (κ3) is 3.06. The summed E-state index contributed by atoms with van der Waals surface area (Å²) in [6.07, 6.45) is 0. The van der Waals surface area contributed by atoms with Gasteiger partial charge in [0.1, 0.15) is 5.82 Å². The topological polar surface area (TPSA) is 29.1 Å². The third-order valence-corrected chi connectivity index (χ3v) is 2.99. The first-order valence-electron chi connectivity index (χ1n) is 6.16. The fourth-order valence-electron chi connectivity index (χ4n) is 1.98. The van der Waals surface area contributed by atoms with Gasteiger partial charge in [0.05, 0.1) is 0 Å². The fraction of sp³-hybridized carbons (Fsp3) is 0.188. The van der Waals surface area contributed by atoms with E-state index >= 15 is 0 Å². The Balaban J connectivity index is 2.32. The summed E-state index contributed by atoms with van der Waals surface area (Å²) >= 11 is 0. The Kier molecular flexibility index (Phi) is 4.07. The molecule has 0 bridgehead atoms. The van der Waals surface area contributed by atoms with Crippen molar-refractivity contribution in [2.45, 2.75) is 13.5 Å². The average molecular weight is 257 g/mol. The zero-order valence-electron chi connectivity index (χ0n) is 11.0. The third-order valence-electron chi connectivity index (χ3n) is 2.99. The molecule has 0 saturated heterocycles. The van der Waals surface area contributed by atoms with Crippen molar-refractivity contribution in [3.05, 3.63) is 70.5 Å². The summed E-state index contributed by atoms with van der Waals surface area (Å²) in [6.45, 7) is 2.37. The van der Waals surface area contributed by atoms with Crippen LogP contribution in [-0.4, -0.2) is 12.8 Å². The van der Waals surface area contributed by atoms with Crippen molar-refractivity contribution in [3.8, 4) is 0 Å². The Morgan fingerprint density at radius 2 is 1.89 bits per heavy atom. The van der Waals surface area contributed by atoms with E-state index in [0.29, 0.717) is 23.2 Å². The van der Waals surface area contributed by atoms with Gasteiger partial charge in [-0.15, -0.1) is 0 Å². The number of aryl methyl sites for hydroxylation is 1. The smallest absolute Gasteiger partial charge is 0.193 e. The first-order valence-corrected chi connectivity index (χ1v) is 6.16. The van der Waals surface area contributed by atoms with Crippen LogP contribution >= 0.6 is 0 Å². The average Bonchev–Trinajstić information content (AvgIpc) is 2.42. The van der Waals surface area contributed by atoms with E-state index in [-0.39, 0.29) is 11.6 Å². The maximum absolute atomic E-state index is 13.2. The van der Waals surface area contributed by atoms with Crippen LogP contribution in [0.2, 0.25) is 0 Å². The Labute approximate surface area is 112 Å². The molecule has 0 aromatic heterocycles. The van der Waals surface area contributed by atoms with Gasteiger partial charge in [0.2, 0.25) is 0 Å². The maximum atomic E-state index is 13.2. The van der Waals surface area contributed by atoms with E-state index in [0.717, 1.165) is 5.56 Å². The highest BCUT2D eigenvalue weighted by Gasteiger charge is 2.10. The number of hydrogen-bond donors (Lipinski definition) is 1. The van der Waals surface area contributed by atoms with E-state index in [1.165, 1.54) is 12.1 Å². The molecule has 0 atom stereocenters. The summed E-state index contributed by atoms with van der Waals surface area (Å²) in [5.74, 6) is -0.374. The molecule has 0 unspecified atom stereocenters. The van der Waals surface area contributed by atoms with E-state index in [2.05, 4.69) is 5.32 Å². The molecule has 0 heterocycles. The lowest BCUT2D eigenvalue weighted by Crippen LogP contribution is -2.07. The quantitative estimate of drug-likeness (QED) is 0.853. The van der Waals surface area contributed by atoms with Crippen molar-refractivity contribution in [1.82, 2.24) is 5.32 Å². The Morgan fingerprint density at radius 3 is 2.58 bits per heavy atom. The normalized spacial score (nSPS) is 10.5. The van der Waals surface area contributed by atoms with E-state index < -0.39 is 0 Å². The van der Waals surface area contributed by atoms with E-state index in [9.17, 15) is 9.18 Å². The second-order valence-electron chi connectivity index (χ2n) is 4.52. The van der Waals surface area contributed by atoms with Crippen LogP contribution in [0.4, 0.5) is 4.39 Å². The molecular weight excluding hydrogens is 241 g/mol. The number of rotatable bonds is 4. The second kappa shape index (κ2) is 5.76. The highest BCUT2D eigenvalue weighted by Crippen LogP contribution is 2.15. The van der Waals surface area contributed by atoms with Gasteiger partial charge in [-0.1, -0.05) is 18.2 Å². The zero-order chi connectivity index (χ0) is 13.8. The first kappa shape index (κ1) is 13.4. The number of carbonyl (C=O) groups excluding carboxylic acids is 1. The van der Waals surface area contributed by atoms with Gasteiger partial charge in [0.15, 0.2) is 5.78 Å². The molecule has 0 radical (unpaired) electrons. The lowest BCUT2D eigenvalue weighted by molar-refractivity contribution is 0.103. The molecule has 0 saturated carbocycles. The number of benzene rings is 2. The minimum atomic E-state index is -0.291. The van der Waals surface area contributed by atoms with Crippen molar-refractivity contribution >= 4 is 5.78 Å². The molecule has 3 heteroatoms. The molecule has 2 aromatic rings. The highest BCUT2D eigenvalue weighted by atomic mass is 19.1. The van der Waals surface area contributed by atoms with Crippen molar-refractivity contribution in [1.29, 1.82) is 0 Å². The molecule has 2 aromatic carbocycles. The standard InChI is InChI=1S/C16H16FNO/c1-11-8-14(6-7-15(11)17)16(19)13-5-3-4-12(9-13)10-18-2/h3-9,18H,10H2,1-2H3. The minimum Gasteiger partial charge on any atom is -0.316 e. The van der Waals surface area contributed by atoms with Crippen molar-refractivity contribution in [2.75, 3.05) is 7.05 Å². The Morgan fingerprint density at radius 1 is 1.16 bits per heavy atom. The van der Waals surface area contributed by atoms with Gasteiger partial charge in [-0.05, 0) is 49.4 Å². The predicted octanol–water partition coefficient (Wildman–Crippen LogP) is 3.08. The fourth-order valence-corrected chi connectivity index (χ4v) is 1.98. The van der Waals surface area contributed by atoms with Crippen LogP contribution in [0.15, 0.2) is 42.5 Å². The van der Waals surface area contributed by atoms with E-state index in [1.54, 1.807) is 19.1 Å². The van der Waals surface area contributed by atoms with Crippen LogP contribution in [-0.2, 0) is 6.54 Å². The predicted molar refractivity (Wildman–Crippen MR) is 73.8 cm³/mol. The molecule has 0 aliphatic heterocycles. The van der Waals surface area contributed by atoms with Gasteiger partial charge in [-0.2, -0.15) is 0 Å². The molecule has 0 aliphatic rings. The van der Waals surface area contributed by atoms with Gasteiger partial charge >= 0.3 is 0 Å². The molecule has 0 spiro atoms. The van der Waals surface area contributed by atoms with E-state index in [1.807, 2.05) is 25.2 Å². The Hall–Kier alpha value is -2.00. The SMILES string of the molecule is CNCc1cccc(C(=O)c2ccc(F)c(C)c2)c1. The molecule has 98 valence electrons. The second-order valence-corrected chi connectivity index (χ2v) is 4.52. The van der Waals surface area contributed by atoms with Gasteiger partial charge in [-0.25, -0.2) is 4.39 Å². The molecule has 0 amide bonds. The summed E-state index contributed by atoms with van der Waals surface area (Å²) in [5, 5.41) is 3.05. The van der Waals surface area contributed by atoms with Crippen LogP contribution in [0.5, 0.6) is 0 Å². The summed E-state index contributed by atoms with van der Waals surface area (Å²) in [7, 11) is 1.86. The zero-order valence-corrected chi connectivity index (χ0v) is 11.0. The maximum Gasteiger partial charge on any atom is 0.193 e. The number of halogens is 1. The van der Waals surface area contributed by atoms with E-state index in [4.69, 9.17) is 0 Å². The van der Waals surface area contributed by atoms with Gasteiger partial charge in [0.25, 0.3) is 0 Å². The minimum absolute atomic E-state index is 0.0824. The summed E-state index contributed by atoms with van der Waals surface area (Å²) in [6, 6.07) is 11.9. The number of nitrogens with one attached hydrogen (secondary N) is 1. The molecule has 1 N–H and O–H groups in total. The molecule has 19 heavy (non-hydrogen) atoms. The van der Waals surface area contributed by atoms with Crippen LogP contribution in [0, 0.1) is 12.7 Å². The number of carbonyl (C=O) groups is 1. The lowest BCUT2D eigenvalue weighted by atomic mass is 10.00. The van der Waals surface area contributed by atoms with Gasteiger partial charge in [0, 0.05) is 17.7 Å². The van der Waals surface area contributed by atoms with Crippen molar-refractivity contribution < 1.29 is 9.18 Å². The molecule has 2 rings (SSSR count). The Bertz CT molecular complexity index is 607. The molecular formula is C16H16FNO. The molecule has 0 aliphatic carbocycles. The summed E-state index contributed by atoms with van der Waals surface area (Å²) < 4.78 is 13.2. The van der Waals surface area contributed by atoms with Crippen molar-refractivity contribution in [3.63, 3.8) is 0 Å². The lowest BCUT2D eigenvalue weighted by Gasteiger charge is -2.06. The van der Waals surface area contributed by atoms with Crippen LogP contribution in [0.25, 0.3) is 0 Å². The van der Waals surface area contributed by atoms with Crippen LogP contribution < -0.4 is 5.32 Å². The summed E-state index contributed by atoms with van der Waals surface area (Å²) in [5.41, 5.74) is 2.67. The molecule has 0 fully saturated rings. The number of ketones is 1. The monoisotopic (exact) mass is 257 g/mol. The largest absolute Gasteiger partial charge is 0.316 e.